The highest BCUT2D eigenvalue weighted by Gasteiger charge is 2.26. The van der Waals surface area contributed by atoms with Gasteiger partial charge in [-0.05, 0) is 57.2 Å². The molecule has 2 aromatic rings. The number of anilines is 1. The van der Waals surface area contributed by atoms with Gasteiger partial charge in [0.25, 0.3) is 0 Å². The van der Waals surface area contributed by atoms with E-state index in [9.17, 15) is 14.4 Å². The van der Waals surface area contributed by atoms with Crippen LogP contribution in [-0.4, -0.2) is 29.6 Å². The second-order valence-corrected chi connectivity index (χ2v) is 7.44. The fourth-order valence-electron chi connectivity index (χ4n) is 2.31. The Hall–Kier alpha value is -3.75. The van der Waals surface area contributed by atoms with Gasteiger partial charge in [0.2, 0.25) is 11.8 Å². The third kappa shape index (κ3) is 8.09. The van der Waals surface area contributed by atoms with E-state index in [1.807, 2.05) is 30.3 Å². The molecule has 0 aliphatic heterocycles. The minimum absolute atomic E-state index is 0.367. The van der Waals surface area contributed by atoms with Crippen LogP contribution in [0.15, 0.2) is 64.8 Å². The van der Waals surface area contributed by atoms with Gasteiger partial charge in [0.1, 0.15) is 11.6 Å². The standard InChI is InChI=1S/C21H25N5O4/c1-21(2,3)30-20(29)24-17(13-18(22)27)19(28)23-14-9-11-16(12-10-14)26-25-15-7-5-4-6-8-15/h4-12,17H,13H2,1-3H3,(H2,22,27)(H,23,28)(H,24,29)/t17-/m1/s1. The number of hydrogen-bond donors (Lipinski definition) is 3. The molecule has 2 rings (SSSR count). The van der Waals surface area contributed by atoms with E-state index in [1.165, 1.54) is 0 Å². The molecule has 1 atom stereocenters. The number of azo groups is 1. The van der Waals surface area contributed by atoms with Crippen LogP contribution in [0.3, 0.4) is 0 Å². The zero-order chi connectivity index (χ0) is 22.1. The van der Waals surface area contributed by atoms with Gasteiger partial charge in [-0.25, -0.2) is 4.79 Å². The molecule has 2 aromatic carbocycles. The molecule has 0 unspecified atom stereocenters. The molecule has 0 spiro atoms. The summed E-state index contributed by atoms with van der Waals surface area (Å²) >= 11 is 0. The van der Waals surface area contributed by atoms with Crippen LogP contribution in [0.25, 0.3) is 0 Å². The number of carbonyl (C=O) groups is 3. The first kappa shape index (κ1) is 22.5. The lowest BCUT2D eigenvalue weighted by atomic mass is 10.1. The molecule has 158 valence electrons. The molecule has 4 N–H and O–H groups in total. The number of primary amides is 1. The number of alkyl carbamates (subject to hydrolysis) is 1. The van der Waals surface area contributed by atoms with E-state index < -0.39 is 29.6 Å². The summed E-state index contributed by atoms with van der Waals surface area (Å²) in [5, 5.41) is 13.2. The van der Waals surface area contributed by atoms with Crippen molar-refractivity contribution in [3.8, 4) is 0 Å². The Labute approximate surface area is 174 Å². The van der Waals surface area contributed by atoms with Crippen molar-refractivity contribution in [2.75, 3.05) is 5.32 Å². The molecular weight excluding hydrogens is 386 g/mol. The van der Waals surface area contributed by atoms with Gasteiger partial charge in [-0.15, -0.1) is 0 Å². The third-order valence-corrected chi connectivity index (χ3v) is 3.58. The zero-order valence-corrected chi connectivity index (χ0v) is 17.1. The number of ether oxygens (including phenoxy) is 1. The number of hydrogen-bond acceptors (Lipinski definition) is 6. The Morgan fingerprint density at radius 3 is 2.07 bits per heavy atom. The van der Waals surface area contributed by atoms with Crippen LogP contribution in [-0.2, 0) is 14.3 Å². The minimum Gasteiger partial charge on any atom is -0.444 e. The SMILES string of the molecule is CC(C)(C)OC(=O)N[C@H](CC(N)=O)C(=O)Nc1ccc(N=Nc2ccccc2)cc1. The van der Waals surface area contributed by atoms with Crippen LogP contribution < -0.4 is 16.4 Å². The summed E-state index contributed by atoms with van der Waals surface area (Å²) < 4.78 is 5.12. The lowest BCUT2D eigenvalue weighted by Gasteiger charge is -2.22. The monoisotopic (exact) mass is 411 g/mol. The maximum absolute atomic E-state index is 12.5. The number of nitrogens with one attached hydrogen (secondary N) is 2. The van der Waals surface area contributed by atoms with Gasteiger partial charge in [0.05, 0.1) is 17.8 Å². The fourth-order valence-corrected chi connectivity index (χ4v) is 2.31. The Balaban J connectivity index is 2.01. The quantitative estimate of drug-likeness (QED) is 0.597. The Morgan fingerprint density at radius 2 is 1.53 bits per heavy atom. The van der Waals surface area contributed by atoms with E-state index in [0.29, 0.717) is 11.4 Å². The van der Waals surface area contributed by atoms with Crippen molar-refractivity contribution in [2.24, 2.45) is 16.0 Å². The topological polar surface area (TPSA) is 135 Å². The summed E-state index contributed by atoms with van der Waals surface area (Å²) in [5.41, 5.74) is 6.22. The van der Waals surface area contributed by atoms with Crippen molar-refractivity contribution in [2.45, 2.75) is 38.8 Å². The fraction of sp³-hybridized carbons (Fsp3) is 0.286. The van der Waals surface area contributed by atoms with Gasteiger partial charge in [-0.2, -0.15) is 10.2 Å². The third-order valence-electron chi connectivity index (χ3n) is 3.58. The average Bonchev–Trinajstić information content (AvgIpc) is 2.66. The van der Waals surface area contributed by atoms with E-state index in [2.05, 4.69) is 20.9 Å². The van der Waals surface area contributed by atoms with E-state index in [1.54, 1.807) is 45.0 Å². The second kappa shape index (κ2) is 10.1. The maximum Gasteiger partial charge on any atom is 0.408 e. The Kier molecular flexibility index (Phi) is 7.62. The van der Waals surface area contributed by atoms with Crippen LogP contribution in [0.1, 0.15) is 27.2 Å². The Morgan fingerprint density at radius 1 is 0.967 bits per heavy atom. The highest BCUT2D eigenvalue weighted by molar-refractivity contribution is 5.99. The van der Waals surface area contributed by atoms with E-state index in [0.717, 1.165) is 5.69 Å². The first-order chi connectivity index (χ1) is 14.1. The lowest BCUT2D eigenvalue weighted by Crippen LogP contribution is -2.47. The van der Waals surface area contributed by atoms with Gasteiger partial charge in [0.15, 0.2) is 0 Å². The molecule has 0 bridgehead atoms. The molecule has 9 nitrogen and oxygen atoms in total. The van der Waals surface area contributed by atoms with Crippen molar-refractivity contribution in [1.82, 2.24) is 5.32 Å². The van der Waals surface area contributed by atoms with Crippen LogP contribution >= 0.6 is 0 Å². The number of amides is 3. The van der Waals surface area contributed by atoms with Crippen LogP contribution in [0, 0.1) is 0 Å². The average molecular weight is 411 g/mol. The zero-order valence-electron chi connectivity index (χ0n) is 17.1. The summed E-state index contributed by atoms with van der Waals surface area (Å²) in [4.78, 5) is 35.8. The van der Waals surface area contributed by atoms with Crippen molar-refractivity contribution >= 4 is 35.0 Å². The summed E-state index contributed by atoms with van der Waals surface area (Å²) in [6.07, 6.45) is -1.19. The number of rotatable bonds is 7. The molecule has 30 heavy (non-hydrogen) atoms. The number of nitrogens with two attached hydrogens (primary N) is 1. The Bertz CT molecular complexity index is 905. The summed E-state index contributed by atoms with van der Waals surface area (Å²) in [6, 6.07) is 14.7. The molecule has 0 aromatic heterocycles. The summed E-state index contributed by atoms with van der Waals surface area (Å²) in [7, 11) is 0. The predicted octanol–water partition coefficient (Wildman–Crippen LogP) is 3.81. The number of benzene rings is 2. The highest BCUT2D eigenvalue weighted by Crippen LogP contribution is 2.20. The summed E-state index contributed by atoms with van der Waals surface area (Å²) in [6.45, 7) is 5.06. The van der Waals surface area contributed by atoms with Gasteiger partial charge >= 0.3 is 6.09 Å². The molecule has 0 radical (unpaired) electrons. The normalized spacial score (nSPS) is 12.2. The highest BCUT2D eigenvalue weighted by atomic mass is 16.6. The van der Waals surface area contributed by atoms with Gasteiger partial charge in [-0.1, -0.05) is 18.2 Å². The van der Waals surface area contributed by atoms with E-state index in [4.69, 9.17) is 10.5 Å². The molecule has 9 heteroatoms. The van der Waals surface area contributed by atoms with E-state index >= 15 is 0 Å². The number of nitrogens with zero attached hydrogens (tertiary/aromatic N) is 2. The van der Waals surface area contributed by atoms with Crippen molar-refractivity contribution < 1.29 is 19.1 Å². The first-order valence-electron chi connectivity index (χ1n) is 9.28. The molecule has 0 aliphatic carbocycles. The molecule has 3 amide bonds. The molecule has 0 saturated heterocycles. The summed E-state index contributed by atoms with van der Waals surface area (Å²) in [5.74, 6) is -1.33. The minimum atomic E-state index is -1.17. The van der Waals surface area contributed by atoms with Crippen molar-refractivity contribution in [1.29, 1.82) is 0 Å². The second-order valence-electron chi connectivity index (χ2n) is 7.44. The van der Waals surface area contributed by atoms with Gasteiger partial charge < -0.3 is 21.1 Å². The molecule has 0 saturated carbocycles. The van der Waals surface area contributed by atoms with Crippen LogP contribution in [0.2, 0.25) is 0 Å². The van der Waals surface area contributed by atoms with Gasteiger partial charge in [0, 0.05) is 5.69 Å². The van der Waals surface area contributed by atoms with Crippen molar-refractivity contribution in [3.05, 3.63) is 54.6 Å². The lowest BCUT2D eigenvalue weighted by molar-refractivity contribution is -0.124. The predicted molar refractivity (Wildman–Crippen MR) is 113 cm³/mol. The largest absolute Gasteiger partial charge is 0.444 e. The molecule has 0 aliphatic rings. The van der Waals surface area contributed by atoms with Crippen LogP contribution in [0.4, 0.5) is 21.9 Å². The molecular formula is C21H25N5O4. The van der Waals surface area contributed by atoms with Crippen molar-refractivity contribution in [3.63, 3.8) is 0 Å². The first-order valence-corrected chi connectivity index (χ1v) is 9.28. The van der Waals surface area contributed by atoms with Crippen LogP contribution in [0.5, 0.6) is 0 Å². The molecule has 0 heterocycles. The number of carbonyl (C=O) groups excluding carboxylic acids is 3. The van der Waals surface area contributed by atoms with Gasteiger partial charge in [-0.3, -0.25) is 9.59 Å². The van der Waals surface area contributed by atoms with E-state index in [-0.39, 0.29) is 6.42 Å². The molecule has 0 fully saturated rings. The maximum atomic E-state index is 12.5. The smallest absolute Gasteiger partial charge is 0.408 e.